The van der Waals surface area contributed by atoms with Crippen molar-refractivity contribution in [1.82, 2.24) is 4.31 Å². The average Bonchev–Trinajstić information content (AvgIpc) is 3.33. The Bertz CT molecular complexity index is 1030. The highest BCUT2D eigenvalue weighted by atomic mass is 32.2. The van der Waals surface area contributed by atoms with Gasteiger partial charge in [0, 0.05) is 18.8 Å². The maximum atomic E-state index is 12.5. The summed E-state index contributed by atoms with van der Waals surface area (Å²) in [6, 6.07) is 9.32. The minimum Gasteiger partial charge on any atom is -0.465 e. The highest BCUT2D eigenvalue weighted by molar-refractivity contribution is 7.91. The van der Waals surface area contributed by atoms with Gasteiger partial charge in [-0.1, -0.05) is 6.07 Å². The van der Waals surface area contributed by atoms with Crippen molar-refractivity contribution in [3.05, 3.63) is 47.3 Å². The third-order valence-corrected chi connectivity index (χ3v) is 8.08. The first-order chi connectivity index (χ1) is 14.8. The summed E-state index contributed by atoms with van der Waals surface area (Å²) >= 11 is 1.16. The molecule has 0 aliphatic carbocycles. The number of methoxy groups -OCH3 is 1. The molecule has 1 aliphatic heterocycles. The maximum Gasteiger partial charge on any atom is 0.337 e. The first-order valence-electron chi connectivity index (χ1n) is 9.50. The predicted molar refractivity (Wildman–Crippen MR) is 113 cm³/mol. The van der Waals surface area contributed by atoms with Crippen LogP contribution >= 0.6 is 11.3 Å². The zero-order valence-corrected chi connectivity index (χ0v) is 18.4. The summed E-state index contributed by atoms with van der Waals surface area (Å²) in [7, 11) is -2.26. The average molecular weight is 467 g/mol. The number of nitrogens with one attached hydrogen (secondary N) is 1. The molecule has 1 aromatic heterocycles. The van der Waals surface area contributed by atoms with E-state index < -0.39 is 40.4 Å². The maximum absolute atomic E-state index is 12.5. The van der Waals surface area contributed by atoms with Crippen LogP contribution in [0.4, 0.5) is 5.69 Å². The quantitative estimate of drug-likeness (QED) is 0.621. The number of thiophene rings is 1. The molecule has 2 aromatic rings. The van der Waals surface area contributed by atoms with Crippen molar-refractivity contribution >= 4 is 44.9 Å². The summed E-state index contributed by atoms with van der Waals surface area (Å²) in [5, 5.41) is 4.28. The number of piperidine rings is 1. The van der Waals surface area contributed by atoms with Gasteiger partial charge >= 0.3 is 11.9 Å². The number of carbonyl (C=O) groups is 3. The van der Waals surface area contributed by atoms with Gasteiger partial charge in [-0.05, 0) is 48.6 Å². The van der Waals surface area contributed by atoms with Crippen LogP contribution in [0.3, 0.4) is 0 Å². The van der Waals surface area contributed by atoms with Crippen LogP contribution in [0.15, 0.2) is 46.0 Å². The second-order valence-corrected chi connectivity index (χ2v) is 9.95. The lowest BCUT2D eigenvalue weighted by molar-refractivity contribution is -0.152. The number of anilines is 1. The number of ether oxygens (including phenoxy) is 2. The second-order valence-electron chi connectivity index (χ2n) is 6.84. The van der Waals surface area contributed by atoms with Gasteiger partial charge in [-0.3, -0.25) is 9.59 Å². The molecule has 0 bridgehead atoms. The van der Waals surface area contributed by atoms with Gasteiger partial charge in [0.15, 0.2) is 6.61 Å². The Hall–Kier alpha value is -2.76. The van der Waals surface area contributed by atoms with E-state index in [9.17, 15) is 22.8 Å². The fraction of sp³-hybridized carbons (Fsp3) is 0.350. The molecule has 1 fully saturated rings. The van der Waals surface area contributed by atoms with Crippen molar-refractivity contribution in [3.63, 3.8) is 0 Å². The molecule has 9 nitrogen and oxygen atoms in total. The van der Waals surface area contributed by atoms with Crippen molar-refractivity contribution in [2.45, 2.75) is 17.1 Å². The fourth-order valence-electron chi connectivity index (χ4n) is 3.13. The minimum absolute atomic E-state index is 0.221. The lowest BCUT2D eigenvalue weighted by Crippen LogP contribution is -2.40. The molecule has 1 N–H and O–H groups in total. The number of hydrogen-bond acceptors (Lipinski definition) is 8. The van der Waals surface area contributed by atoms with Crippen LogP contribution in [0.1, 0.15) is 23.2 Å². The molecule has 3 rings (SSSR count). The van der Waals surface area contributed by atoms with E-state index in [1.54, 1.807) is 17.5 Å². The van der Waals surface area contributed by atoms with Gasteiger partial charge in [-0.25, -0.2) is 13.2 Å². The van der Waals surface area contributed by atoms with E-state index in [1.807, 2.05) is 0 Å². The van der Waals surface area contributed by atoms with Gasteiger partial charge in [0.1, 0.15) is 4.21 Å². The van der Waals surface area contributed by atoms with Crippen molar-refractivity contribution in [2.24, 2.45) is 5.92 Å². The topological polar surface area (TPSA) is 119 Å². The van der Waals surface area contributed by atoms with E-state index in [0.717, 1.165) is 11.3 Å². The van der Waals surface area contributed by atoms with Gasteiger partial charge < -0.3 is 14.8 Å². The Kier molecular flexibility index (Phi) is 7.42. The Balaban J connectivity index is 1.44. The highest BCUT2D eigenvalue weighted by Gasteiger charge is 2.33. The summed E-state index contributed by atoms with van der Waals surface area (Å²) in [5.41, 5.74) is 0.792. The summed E-state index contributed by atoms with van der Waals surface area (Å²) in [4.78, 5) is 35.7. The first-order valence-corrected chi connectivity index (χ1v) is 11.8. The lowest BCUT2D eigenvalue weighted by Gasteiger charge is -2.29. The van der Waals surface area contributed by atoms with Gasteiger partial charge in [0.05, 0.1) is 18.6 Å². The van der Waals surface area contributed by atoms with Crippen LogP contribution in [0.25, 0.3) is 0 Å². The van der Waals surface area contributed by atoms with Crippen LogP contribution in [0, 0.1) is 5.92 Å². The molecule has 31 heavy (non-hydrogen) atoms. The summed E-state index contributed by atoms with van der Waals surface area (Å²) in [6.07, 6.45) is 0.667. The van der Waals surface area contributed by atoms with Gasteiger partial charge in [0.2, 0.25) is 0 Å². The van der Waals surface area contributed by atoms with Crippen LogP contribution in [-0.4, -0.2) is 57.4 Å². The Morgan fingerprint density at radius 3 is 2.39 bits per heavy atom. The van der Waals surface area contributed by atoms with Crippen LogP contribution < -0.4 is 5.32 Å². The number of rotatable bonds is 7. The Morgan fingerprint density at radius 2 is 1.81 bits per heavy atom. The predicted octanol–water partition coefficient (Wildman–Crippen LogP) is 2.12. The van der Waals surface area contributed by atoms with E-state index in [0.29, 0.717) is 24.1 Å². The number of carbonyl (C=O) groups excluding carboxylic acids is 3. The smallest absolute Gasteiger partial charge is 0.337 e. The number of amides is 1. The van der Waals surface area contributed by atoms with E-state index in [-0.39, 0.29) is 17.3 Å². The zero-order chi connectivity index (χ0) is 22.4. The van der Waals surface area contributed by atoms with Crippen LogP contribution in [0.2, 0.25) is 0 Å². The lowest BCUT2D eigenvalue weighted by atomic mass is 9.98. The molecule has 0 unspecified atom stereocenters. The Labute approximate surface area is 184 Å². The molecule has 166 valence electrons. The molecular formula is C20H22N2O7S2. The molecule has 1 amide bonds. The number of esters is 2. The van der Waals surface area contributed by atoms with E-state index in [1.165, 1.54) is 35.7 Å². The molecule has 1 saturated heterocycles. The van der Waals surface area contributed by atoms with E-state index >= 15 is 0 Å². The number of hydrogen-bond donors (Lipinski definition) is 1. The largest absolute Gasteiger partial charge is 0.465 e. The molecule has 2 heterocycles. The molecule has 0 saturated carbocycles. The van der Waals surface area contributed by atoms with Crippen LogP contribution in [0.5, 0.6) is 0 Å². The fourth-order valence-corrected chi connectivity index (χ4v) is 5.74. The standard InChI is InChI=1S/C20H22N2O7S2/c1-28-19(24)14-4-6-16(7-5-14)21-17(23)13-29-20(25)15-8-10-22(11-9-15)31(26,27)18-3-2-12-30-18/h2-7,12,15H,8-11,13H2,1H3,(H,21,23). The van der Waals surface area contributed by atoms with Crippen molar-refractivity contribution in [2.75, 3.05) is 32.1 Å². The number of sulfonamides is 1. The van der Waals surface area contributed by atoms with E-state index in [4.69, 9.17) is 4.74 Å². The summed E-state index contributed by atoms with van der Waals surface area (Å²) < 4.78 is 36.4. The second kappa shape index (κ2) is 10.0. The summed E-state index contributed by atoms with van der Waals surface area (Å²) in [5.74, 6) is -1.98. The monoisotopic (exact) mass is 466 g/mol. The third-order valence-electron chi connectivity index (χ3n) is 4.81. The molecule has 1 aromatic carbocycles. The van der Waals surface area contributed by atoms with Crippen molar-refractivity contribution < 1.29 is 32.3 Å². The molecule has 1 aliphatic rings. The van der Waals surface area contributed by atoms with Gasteiger partial charge in [-0.15, -0.1) is 11.3 Å². The highest BCUT2D eigenvalue weighted by Crippen LogP contribution is 2.26. The molecule has 0 radical (unpaired) electrons. The Morgan fingerprint density at radius 1 is 1.13 bits per heavy atom. The van der Waals surface area contributed by atoms with Crippen molar-refractivity contribution in [1.29, 1.82) is 0 Å². The molecule has 0 spiro atoms. The molecular weight excluding hydrogens is 444 g/mol. The van der Waals surface area contributed by atoms with Gasteiger partial charge in [0.25, 0.3) is 15.9 Å². The SMILES string of the molecule is COC(=O)c1ccc(NC(=O)COC(=O)C2CCN(S(=O)(=O)c3cccs3)CC2)cc1. The first kappa shape index (κ1) is 22.9. The zero-order valence-electron chi connectivity index (χ0n) is 16.8. The number of nitrogens with zero attached hydrogens (tertiary/aromatic N) is 1. The van der Waals surface area contributed by atoms with E-state index in [2.05, 4.69) is 10.1 Å². The normalized spacial score (nSPS) is 15.3. The number of benzene rings is 1. The van der Waals surface area contributed by atoms with Gasteiger partial charge in [-0.2, -0.15) is 4.31 Å². The van der Waals surface area contributed by atoms with Crippen molar-refractivity contribution in [3.8, 4) is 0 Å². The minimum atomic E-state index is -3.53. The van der Waals surface area contributed by atoms with Crippen LogP contribution in [-0.2, 0) is 29.1 Å². The third kappa shape index (κ3) is 5.69. The summed E-state index contributed by atoms with van der Waals surface area (Å²) in [6.45, 7) is -0.0111. The molecule has 0 atom stereocenters. The molecule has 11 heteroatoms.